The fourth-order valence-electron chi connectivity index (χ4n) is 2.53. The highest BCUT2D eigenvalue weighted by Crippen LogP contribution is 2.33. The van der Waals surface area contributed by atoms with Crippen molar-refractivity contribution in [3.8, 4) is 0 Å². The zero-order valence-electron chi connectivity index (χ0n) is 12.5. The number of thiazole rings is 1. The molecular weight excluding hydrogens is 256 g/mol. The molecule has 0 aromatic carbocycles. The predicted octanol–water partition coefficient (Wildman–Crippen LogP) is 3.73. The Bertz CT molecular complexity index is 383. The number of nitrogens with zero attached hydrogens (tertiary/aromatic N) is 1. The fraction of sp³-hybridized carbons (Fsp3) is 0.800. The molecule has 4 heteroatoms. The van der Waals surface area contributed by atoms with E-state index in [0.29, 0.717) is 23.9 Å². The molecule has 1 aromatic rings. The van der Waals surface area contributed by atoms with Gasteiger partial charge in [-0.15, -0.1) is 11.3 Å². The molecule has 1 aromatic heterocycles. The average Bonchev–Trinajstić information content (AvgIpc) is 2.86. The summed E-state index contributed by atoms with van der Waals surface area (Å²) in [4.78, 5) is 4.85. The Morgan fingerprint density at radius 3 is 2.47 bits per heavy atom. The van der Waals surface area contributed by atoms with Crippen LogP contribution in [0.4, 0.5) is 0 Å². The summed E-state index contributed by atoms with van der Waals surface area (Å²) < 4.78 is 5.49. The Labute approximate surface area is 120 Å². The van der Waals surface area contributed by atoms with Crippen molar-refractivity contribution >= 4 is 11.3 Å². The lowest BCUT2D eigenvalue weighted by Gasteiger charge is -2.31. The Kier molecular flexibility index (Phi) is 5.37. The molecule has 1 saturated heterocycles. The summed E-state index contributed by atoms with van der Waals surface area (Å²) in [5, 5.41) is 7.18. The summed E-state index contributed by atoms with van der Waals surface area (Å²) in [6.07, 6.45) is 2.28. The first kappa shape index (κ1) is 14.9. The second-order valence-electron chi connectivity index (χ2n) is 6.01. The summed E-state index contributed by atoms with van der Waals surface area (Å²) in [7, 11) is 0. The molecule has 3 nitrogen and oxygen atoms in total. The second kappa shape index (κ2) is 6.82. The lowest BCUT2D eigenvalue weighted by Crippen LogP contribution is -2.36. The molecule has 0 spiro atoms. The molecular formula is C15H26N2OS. The van der Waals surface area contributed by atoms with Gasteiger partial charge in [0.2, 0.25) is 0 Å². The van der Waals surface area contributed by atoms with E-state index in [1.807, 2.05) is 11.3 Å². The summed E-state index contributed by atoms with van der Waals surface area (Å²) in [6.45, 7) is 10.6. The average molecular weight is 282 g/mol. The molecule has 1 aliphatic rings. The monoisotopic (exact) mass is 282 g/mol. The van der Waals surface area contributed by atoms with Crippen molar-refractivity contribution in [3.05, 3.63) is 16.1 Å². The van der Waals surface area contributed by atoms with Crippen LogP contribution in [0.2, 0.25) is 0 Å². The first-order chi connectivity index (χ1) is 9.08. The Balaban J connectivity index is 2.15. The van der Waals surface area contributed by atoms with Crippen molar-refractivity contribution in [1.82, 2.24) is 10.3 Å². The van der Waals surface area contributed by atoms with Crippen molar-refractivity contribution in [3.63, 3.8) is 0 Å². The van der Waals surface area contributed by atoms with Gasteiger partial charge in [-0.25, -0.2) is 4.98 Å². The maximum absolute atomic E-state index is 5.49. The molecule has 2 rings (SSSR count). The third kappa shape index (κ3) is 4.01. The van der Waals surface area contributed by atoms with Gasteiger partial charge in [0.15, 0.2) is 0 Å². The summed E-state index contributed by atoms with van der Waals surface area (Å²) in [6, 6.07) is 0.876. The first-order valence-electron chi connectivity index (χ1n) is 7.37. The third-order valence-corrected chi connectivity index (χ3v) is 4.59. The maximum atomic E-state index is 5.49. The third-order valence-electron chi connectivity index (χ3n) is 3.65. The number of ether oxygens (including phenoxy) is 1. The van der Waals surface area contributed by atoms with Gasteiger partial charge in [0.1, 0.15) is 5.01 Å². The van der Waals surface area contributed by atoms with E-state index in [0.717, 1.165) is 26.1 Å². The number of hydrogen-bond donors (Lipinski definition) is 1. The van der Waals surface area contributed by atoms with E-state index < -0.39 is 0 Å². The van der Waals surface area contributed by atoms with Crippen LogP contribution in [0.15, 0.2) is 5.38 Å². The van der Waals surface area contributed by atoms with Gasteiger partial charge in [-0.2, -0.15) is 0 Å². The largest absolute Gasteiger partial charge is 0.381 e. The smallest absolute Gasteiger partial charge is 0.110 e. The standard InChI is InChI=1S/C15H26N2OS/c1-10(2)13-9-19-15(17-13)14(16-11(3)4)12-5-7-18-8-6-12/h9-12,14,16H,5-8H2,1-4H3. The van der Waals surface area contributed by atoms with Gasteiger partial charge in [0.25, 0.3) is 0 Å². The van der Waals surface area contributed by atoms with Crippen LogP contribution < -0.4 is 5.32 Å². The van der Waals surface area contributed by atoms with E-state index in [1.165, 1.54) is 10.7 Å². The minimum Gasteiger partial charge on any atom is -0.381 e. The van der Waals surface area contributed by atoms with Gasteiger partial charge in [0.05, 0.1) is 11.7 Å². The summed E-state index contributed by atoms with van der Waals surface area (Å²) in [5.41, 5.74) is 1.22. The van der Waals surface area contributed by atoms with Crippen molar-refractivity contribution in [1.29, 1.82) is 0 Å². The molecule has 108 valence electrons. The van der Waals surface area contributed by atoms with E-state index in [4.69, 9.17) is 9.72 Å². The van der Waals surface area contributed by atoms with Crippen LogP contribution in [0, 0.1) is 5.92 Å². The molecule has 1 atom stereocenters. The molecule has 1 N–H and O–H groups in total. The van der Waals surface area contributed by atoms with Gasteiger partial charge in [-0.1, -0.05) is 27.7 Å². The number of aromatic nitrogens is 1. The van der Waals surface area contributed by atoms with Crippen LogP contribution in [0.1, 0.15) is 63.2 Å². The highest BCUT2D eigenvalue weighted by molar-refractivity contribution is 7.09. The van der Waals surface area contributed by atoms with Gasteiger partial charge in [-0.05, 0) is 24.7 Å². The lowest BCUT2D eigenvalue weighted by atomic mass is 9.91. The summed E-state index contributed by atoms with van der Waals surface area (Å²) in [5.74, 6) is 1.17. The van der Waals surface area contributed by atoms with Crippen LogP contribution in [0.5, 0.6) is 0 Å². The topological polar surface area (TPSA) is 34.2 Å². The molecule has 19 heavy (non-hydrogen) atoms. The Morgan fingerprint density at radius 2 is 1.95 bits per heavy atom. The highest BCUT2D eigenvalue weighted by atomic mass is 32.1. The zero-order valence-corrected chi connectivity index (χ0v) is 13.3. The molecule has 2 heterocycles. The predicted molar refractivity (Wildman–Crippen MR) is 80.8 cm³/mol. The van der Waals surface area contributed by atoms with Crippen LogP contribution >= 0.6 is 11.3 Å². The van der Waals surface area contributed by atoms with E-state index in [9.17, 15) is 0 Å². The normalized spacial score (nSPS) is 19.3. The van der Waals surface area contributed by atoms with Crippen LogP contribution in [0.3, 0.4) is 0 Å². The lowest BCUT2D eigenvalue weighted by molar-refractivity contribution is 0.0523. The Morgan fingerprint density at radius 1 is 1.26 bits per heavy atom. The molecule has 0 radical (unpaired) electrons. The minimum absolute atomic E-state index is 0.390. The molecule has 0 amide bonds. The molecule has 1 fully saturated rings. The van der Waals surface area contributed by atoms with Gasteiger partial charge >= 0.3 is 0 Å². The van der Waals surface area contributed by atoms with Crippen LogP contribution in [0.25, 0.3) is 0 Å². The van der Waals surface area contributed by atoms with E-state index in [-0.39, 0.29) is 0 Å². The zero-order chi connectivity index (χ0) is 13.8. The van der Waals surface area contributed by atoms with Gasteiger partial charge in [0, 0.05) is 24.6 Å². The van der Waals surface area contributed by atoms with Crippen molar-refractivity contribution in [2.75, 3.05) is 13.2 Å². The van der Waals surface area contributed by atoms with Crippen molar-refractivity contribution < 1.29 is 4.74 Å². The molecule has 1 unspecified atom stereocenters. The summed E-state index contributed by atoms with van der Waals surface area (Å²) >= 11 is 1.81. The molecule has 0 saturated carbocycles. The first-order valence-corrected chi connectivity index (χ1v) is 8.25. The van der Waals surface area contributed by atoms with Crippen LogP contribution in [-0.2, 0) is 4.74 Å². The maximum Gasteiger partial charge on any atom is 0.110 e. The van der Waals surface area contributed by atoms with Gasteiger partial charge < -0.3 is 10.1 Å². The number of hydrogen-bond acceptors (Lipinski definition) is 4. The minimum atomic E-state index is 0.390. The van der Waals surface area contributed by atoms with Gasteiger partial charge in [-0.3, -0.25) is 0 Å². The van der Waals surface area contributed by atoms with Crippen molar-refractivity contribution in [2.45, 2.75) is 58.5 Å². The van der Waals surface area contributed by atoms with E-state index in [2.05, 4.69) is 38.4 Å². The molecule has 0 aliphatic carbocycles. The van der Waals surface area contributed by atoms with Crippen molar-refractivity contribution in [2.24, 2.45) is 5.92 Å². The van der Waals surface area contributed by atoms with Crippen LogP contribution in [-0.4, -0.2) is 24.2 Å². The Hall–Kier alpha value is -0.450. The molecule has 1 aliphatic heterocycles. The van der Waals surface area contributed by atoms with E-state index in [1.54, 1.807) is 0 Å². The SMILES string of the molecule is CC(C)NC(c1nc(C(C)C)cs1)C1CCOCC1. The highest BCUT2D eigenvalue weighted by Gasteiger charge is 2.28. The quantitative estimate of drug-likeness (QED) is 0.893. The molecule has 0 bridgehead atoms. The fourth-order valence-corrected chi connectivity index (χ4v) is 3.66. The number of nitrogens with one attached hydrogen (secondary N) is 1. The van der Waals surface area contributed by atoms with E-state index >= 15 is 0 Å². The number of rotatable bonds is 5. The second-order valence-corrected chi connectivity index (χ2v) is 6.90.